The van der Waals surface area contributed by atoms with E-state index >= 15 is 0 Å². The van der Waals surface area contributed by atoms with Crippen LogP contribution in [0.3, 0.4) is 0 Å². The highest BCUT2D eigenvalue weighted by molar-refractivity contribution is 6.01. The van der Waals surface area contributed by atoms with Gasteiger partial charge in [0.25, 0.3) is 16.8 Å². The number of furan rings is 1. The van der Waals surface area contributed by atoms with Crippen molar-refractivity contribution in [2.75, 3.05) is 30.4 Å². The number of anilines is 3. The number of hydrogen-bond acceptors (Lipinski definition) is 9. The van der Waals surface area contributed by atoms with Crippen LogP contribution in [-0.2, 0) is 9.53 Å². The Morgan fingerprint density at radius 3 is 2.49 bits per heavy atom. The van der Waals surface area contributed by atoms with Gasteiger partial charge in [0.05, 0.1) is 30.5 Å². The van der Waals surface area contributed by atoms with Gasteiger partial charge in [-0.05, 0) is 44.0 Å². The number of rotatable bonds is 8. The molecule has 3 aromatic rings. The number of benzene rings is 1. The van der Waals surface area contributed by atoms with Crippen LogP contribution in [0.5, 0.6) is 5.75 Å². The molecule has 2 atom stereocenters. The molecule has 0 radical (unpaired) electrons. The monoisotopic (exact) mass is 509 g/mol. The standard InChI is InChI=1S/C26H27N3O8/c1-13-8-9-17(37-13)23(26(2)11-36-12-26)28-19-18(21(31)22(19)32)27-15-6-3-5-14(20(15)30)24(33)29-10-4-7-16(29)25(34)35/h3,5-6,8-9,16,23,27-28,30H,4,7,10-12H2,1-2H3,(H,34,35)/t16?,23-/m0/s1. The van der Waals surface area contributed by atoms with Crippen molar-refractivity contribution in [1.29, 1.82) is 0 Å². The number of nitrogens with one attached hydrogen (secondary N) is 2. The number of aromatic hydroxyl groups is 1. The van der Waals surface area contributed by atoms with Gasteiger partial charge < -0.3 is 34.9 Å². The average Bonchev–Trinajstić information content (AvgIpc) is 3.52. The van der Waals surface area contributed by atoms with Gasteiger partial charge in [0.2, 0.25) is 0 Å². The molecule has 1 unspecified atom stereocenters. The Morgan fingerprint density at radius 1 is 1.14 bits per heavy atom. The van der Waals surface area contributed by atoms with E-state index < -0.39 is 40.6 Å². The summed E-state index contributed by atoms with van der Waals surface area (Å²) in [5.41, 5.74) is -1.94. The highest BCUT2D eigenvalue weighted by Gasteiger charge is 2.45. The summed E-state index contributed by atoms with van der Waals surface area (Å²) in [6.45, 7) is 4.91. The van der Waals surface area contributed by atoms with Gasteiger partial charge in [-0.1, -0.05) is 13.0 Å². The molecule has 4 N–H and O–H groups in total. The molecule has 2 aromatic carbocycles. The Labute approximate surface area is 211 Å². The van der Waals surface area contributed by atoms with Crippen LogP contribution in [0.25, 0.3) is 0 Å². The molecule has 194 valence electrons. The van der Waals surface area contributed by atoms with Gasteiger partial charge in [-0.3, -0.25) is 14.4 Å². The summed E-state index contributed by atoms with van der Waals surface area (Å²) in [6.07, 6.45) is 0.874. The number of carboxylic acid groups (broad SMARTS) is 1. The third-order valence-electron chi connectivity index (χ3n) is 7.13. The van der Waals surface area contributed by atoms with Crippen LogP contribution in [0, 0.1) is 12.3 Å². The first-order valence-electron chi connectivity index (χ1n) is 12.0. The van der Waals surface area contributed by atoms with Crippen molar-refractivity contribution in [3.05, 3.63) is 67.9 Å². The van der Waals surface area contributed by atoms with E-state index in [1.807, 2.05) is 19.9 Å². The number of carbonyl (C=O) groups excluding carboxylic acids is 1. The van der Waals surface area contributed by atoms with E-state index in [-0.39, 0.29) is 34.6 Å². The lowest BCUT2D eigenvalue weighted by Crippen LogP contribution is -2.49. The normalized spacial score (nSPS) is 19.4. The third-order valence-corrected chi connectivity index (χ3v) is 7.13. The number of aryl methyl sites for hydroxylation is 1. The second-order valence-electron chi connectivity index (χ2n) is 9.90. The molecular weight excluding hydrogens is 482 g/mol. The Morgan fingerprint density at radius 2 is 1.86 bits per heavy atom. The zero-order valence-corrected chi connectivity index (χ0v) is 20.4. The Balaban J connectivity index is 1.43. The molecule has 2 aliphatic heterocycles. The summed E-state index contributed by atoms with van der Waals surface area (Å²) >= 11 is 0. The van der Waals surface area contributed by atoms with Crippen molar-refractivity contribution >= 4 is 28.9 Å². The van der Waals surface area contributed by atoms with E-state index in [4.69, 9.17) is 9.15 Å². The Hall–Kier alpha value is -4.12. The van der Waals surface area contributed by atoms with E-state index in [0.717, 1.165) is 0 Å². The highest BCUT2D eigenvalue weighted by atomic mass is 16.5. The van der Waals surface area contributed by atoms with Crippen LogP contribution < -0.4 is 21.5 Å². The topological polar surface area (TPSA) is 158 Å². The number of likely N-dealkylation sites (tertiary alicyclic amines) is 1. The molecule has 1 amide bonds. The molecule has 1 aromatic heterocycles. The molecule has 0 saturated carbocycles. The maximum absolute atomic E-state index is 13.0. The number of para-hydroxylation sites is 1. The lowest BCUT2D eigenvalue weighted by Gasteiger charge is -2.44. The Bertz CT molecular complexity index is 1450. The second kappa shape index (κ2) is 9.07. The predicted octanol–water partition coefficient (Wildman–Crippen LogP) is 2.51. The van der Waals surface area contributed by atoms with Crippen LogP contribution in [0.15, 0.2) is 44.3 Å². The van der Waals surface area contributed by atoms with E-state index in [1.54, 1.807) is 6.07 Å². The van der Waals surface area contributed by atoms with Gasteiger partial charge >= 0.3 is 5.97 Å². The van der Waals surface area contributed by atoms with Gasteiger partial charge in [-0.2, -0.15) is 0 Å². The van der Waals surface area contributed by atoms with Crippen molar-refractivity contribution in [2.45, 2.75) is 38.8 Å². The van der Waals surface area contributed by atoms with E-state index in [1.165, 1.54) is 23.1 Å². The summed E-state index contributed by atoms with van der Waals surface area (Å²) in [7, 11) is 0. The number of nitrogens with zero attached hydrogens (tertiary/aromatic N) is 1. The third kappa shape index (κ3) is 4.14. The Kier molecular flexibility index (Phi) is 6.03. The van der Waals surface area contributed by atoms with Crippen LogP contribution >= 0.6 is 0 Å². The minimum atomic E-state index is -1.11. The predicted molar refractivity (Wildman–Crippen MR) is 133 cm³/mol. The van der Waals surface area contributed by atoms with Gasteiger partial charge in [-0.15, -0.1) is 0 Å². The SMILES string of the molecule is Cc1ccc([C@H](Nc2c(Nc3cccc(C(=O)N4CCCC4C(=O)O)c3O)c(=O)c2=O)C2(C)COC2)o1. The quantitative estimate of drug-likeness (QED) is 0.263. The maximum Gasteiger partial charge on any atom is 0.326 e. The van der Waals surface area contributed by atoms with Gasteiger partial charge in [0.1, 0.15) is 28.9 Å². The summed E-state index contributed by atoms with van der Waals surface area (Å²) in [6, 6.07) is 6.54. The zero-order chi connectivity index (χ0) is 26.5. The molecule has 5 rings (SSSR count). The van der Waals surface area contributed by atoms with E-state index in [2.05, 4.69) is 10.6 Å². The van der Waals surface area contributed by atoms with Crippen molar-refractivity contribution in [3.8, 4) is 5.75 Å². The number of ether oxygens (including phenoxy) is 1. The average molecular weight is 510 g/mol. The van der Waals surface area contributed by atoms with E-state index in [0.29, 0.717) is 37.6 Å². The van der Waals surface area contributed by atoms with E-state index in [9.17, 15) is 29.4 Å². The molecule has 2 aliphatic rings. The number of phenols is 1. The molecule has 0 spiro atoms. The fourth-order valence-electron chi connectivity index (χ4n) is 4.95. The van der Waals surface area contributed by atoms with Crippen LogP contribution in [0.2, 0.25) is 0 Å². The largest absolute Gasteiger partial charge is 0.505 e. The van der Waals surface area contributed by atoms with Crippen LogP contribution in [0.4, 0.5) is 17.1 Å². The van der Waals surface area contributed by atoms with Crippen molar-refractivity contribution < 1.29 is 29.0 Å². The summed E-state index contributed by atoms with van der Waals surface area (Å²) in [5, 5.41) is 26.2. The summed E-state index contributed by atoms with van der Waals surface area (Å²) < 4.78 is 11.2. The molecule has 37 heavy (non-hydrogen) atoms. The molecule has 0 aliphatic carbocycles. The first-order valence-corrected chi connectivity index (χ1v) is 12.0. The fourth-order valence-corrected chi connectivity index (χ4v) is 4.95. The lowest BCUT2D eigenvalue weighted by molar-refractivity contribution is -0.141. The lowest BCUT2D eigenvalue weighted by atomic mass is 9.79. The summed E-state index contributed by atoms with van der Waals surface area (Å²) in [5.74, 6) is -0.883. The molecular formula is C26H27N3O8. The molecule has 11 nitrogen and oxygen atoms in total. The minimum Gasteiger partial charge on any atom is -0.505 e. The highest BCUT2D eigenvalue weighted by Crippen LogP contribution is 2.43. The molecule has 3 heterocycles. The number of amides is 1. The van der Waals surface area contributed by atoms with Crippen molar-refractivity contribution in [2.24, 2.45) is 5.41 Å². The van der Waals surface area contributed by atoms with Crippen LogP contribution in [0.1, 0.15) is 47.7 Å². The molecule has 0 bridgehead atoms. The van der Waals surface area contributed by atoms with Crippen molar-refractivity contribution in [3.63, 3.8) is 0 Å². The number of phenolic OH excluding ortho intramolecular Hbond substituents is 1. The zero-order valence-electron chi connectivity index (χ0n) is 20.4. The number of aliphatic carboxylic acids is 1. The van der Waals surface area contributed by atoms with Gasteiger partial charge in [-0.25, -0.2) is 4.79 Å². The number of hydrogen-bond donors (Lipinski definition) is 4. The molecule has 2 fully saturated rings. The van der Waals surface area contributed by atoms with Gasteiger partial charge in [0.15, 0.2) is 5.75 Å². The van der Waals surface area contributed by atoms with Crippen molar-refractivity contribution in [1.82, 2.24) is 4.90 Å². The van der Waals surface area contributed by atoms with Crippen LogP contribution in [-0.4, -0.2) is 52.8 Å². The van der Waals surface area contributed by atoms with Gasteiger partial charge in [0, 0.05) is 12.0 Å². The first-order chi connectivity index (χ1) is 17.6. The first kappa shape index (κ1) is 24.6. The molecule has 2 saturated heterocycles. The number of carbonyl (C=O) groups is 2. The fraction of sp³-hybridized carbons (Fsp3) is 0.385. The maximum atomic E-state index is 13.0. The second-order valence-corrected chi connectivity index (χ2v) is 9.90. The number of carboxylic acids is 1. The molecule has 11 heteroatoms. The summed E-state index contributed by atoms with van der Waals surface area (Å²) in [4.78, 5) is 50.8. The minimum absolute atomic E-state index is 0.0376. The smallest absolute Gasteiger partial charge is 0.326 e.